The summed E-state index contributed by atoms with van der Waals surface area (Å²) in [6, 6.07) is 0.292. The summed E-state index contributed by atoms with van der Waals surface area (Å²) in [6.45, 7) is 9.61. The Balaban J connectivity index is 0.00000192. The number of rotatable bonds is 2. The molecule has 3 unspecified atom stereocenters. The van der Waals surface area contributed by atoms with Crippen LogP contribution in [0.2, 0.25) is 0 Å². The number of hydrogen-bond donors (Lipinski definition) is 2. The smallest absolute Gasteiger partial charge is 0.241 e. The lowest BCUT2D eigenvalue weighted by molar-refractivity contribution is -0.225. The molecule has 134 valence electrons. The molecule has 2 aliphatic carbocycles. The van der Waals surface area contributed by atoms with Crippen LogP contribution in [0.25, 0.3) is 0 Å². The third-order valence-electron chi connectivity index (χ3n) is 6.73. The number of nitrogens with one attached hydrogen (secondary N) is 1. The maximum atomic E-state index is 13.0. The highest BCUT2D eigenvalue weighted by molar-refractivity contribution is 5.89. The van der Waals surface area contributed by atoms with Crippen LogP contribution in [-0.2, 0) is 9.53 Å². The average Bonchev–Trinajstić information content (AvgIpc) is 2.48. The van der Waals surface area contributed by atoms with Gasteiger partial charge in [0.05, 0.1) is 6.10 Å². The van der Waals surface area contributed by atoms with Crippen molar-refractivity contribution < 1.29 is 9.53 Å². The van der Waals surface area contributed by atoms with E-state index in [2.05, 4.69) is 33.0 Å². The van der Waals surface area contributed by atoms with Gasteiger partial charge < -0.3 is 15.8 Å². The van der Waals surface area contributed by atoms with Crippen molar-refractivity contribution in [1.82, 2.24) is 5.32 Å². The monoisotopic (exact) mass is 344 g/mol. The lowest BCUT2D eigenvalue weighted by atomic mass is 9.46. The van der Waals surface area contributed by atoms with E-state index in [4.69, 9.17) is 10.5 Å². The van der Waals surface area contributed by atoms with Crippen LogP contribution < -0.4 is 11.1 Å². The Morgan fingerprint density at radius 1 is 1.13 bits per heavy atom. The number of carbonyl (C=O) groups excluding carboxylic acids is 1. The third-order valence-corrected chi connectivity index (χ3v) is 6.73. The first-order chi connectivity index (χ1) is 10.2. The van der Waals surface area contributed by atoms with Crippen molar-refractivity contribution in [1.29, 1.82) is 0 Å². The molecule has 0 aromatic carbocycles. The Morgan fingerprint density at radius 3 is 2.35 bits per heavy atom. The molecule has 1 heterocycles. The minimum absolute atomic E-state index is 0. The van der Waals surface area contributed by atoms with E-state index in [0.717, 1.165) is 32.3 Å². The Bertz CT molecular complexity index is 456. The quantitative estimate of drug-likeness (QED) is 0.809. The van der Waals surface area contributed by atoms with E-state index in [1.165, 1.54) is 12.8 Å². The molecule has 0 spiro atoms. The number of halogens is 1. The van der Waals surface area contributed by atoms with Crippen LogP contribution in [0, 0.1) is 16.7 Å². The van der Waals surface area contributed by atoms with Gasteiger partial charge in [-0.05, 0) is 43.9 Å². The van der Waals surface area contributed by atoms with Crippen molar-refractivity contribution in [3.8, 4) is 0 Å². The first-order valence-electron chi connectivity index (χ1n) is 8.90. The summed E-state index contributed by atoms with van der Waals surface area (Å²) in [5.41, 5.74) is 6.02. The van der Waals surface area contributed by atoms with Crippen molar-refractivity contribution in [2.45, 2.75) is 83.9 Å². The van der Waals surface area contributed by atoms with Gasteiger partial charge in [0, 0.05) is 24.0 Å². The third kappa shape index (κ3) is 2.91. The lowest BCUT2D eigenvalue weighted by Crippen LogP contribution is -2.82. The van der Waals surface area contributed by atoms with Crippen molar-refractivity contribution in [3.05, 3.63) is 0 Å². The summed E-state index contributed by atoms with van der Waals surface area (Å²) in [4.78, 5) is 13.0. The van der Waals surface area contributed by atoms with Gasteiger partial charge in [0.1, 0.15) is 5.54 Å². The highest BCUT2D eigenvalue weighted by Gasteiger charge is 2.70. The van der Waals surface area contributed by atoms with Crippen LogP contribution in [-0.4, -0.2) is 30.2 Å². The molecule has 3 aliphatic rings. The summed E-state index contributed by atoms with van der Waals surface area (Å²) in [5, 5.41) is 3.27. The zero-order valence-corrected chi connectivity index (χ0v) is 15.8. The fraction of sp³-hybridized carbons (Fsp3) is 0.944. The molecule has 3 fully saturated rings. The maximum Gasteiger partial charge on any atom is 0.241 e. The lowest BCUT2D eigenvalue weighted by Gasteiger charge is -2.65. The van der Waals surface area contributed by atoms with E-state index in [-0.39, 0.29) is 35.8 Å². The molecule has 5 heteroatoms. The molecule has 1 aliphatic heterocycles. The standard InChI is InChI=1S/C18H32N2O2.ClH/c1-16(2)9-7-12(8-10-16)20-15(21)18(19)13-6-5-11-22-14(13)17(18,3)4;/h12-14H,5-11,19H2,1-4H3,(H,20,21);1H. The second-order valence-corrected chi connectivity index (χ2v) is 9.04. The molecule has 4 nitrogen and oxygen atoms in total. The van der Waals surface area contributed by atoms with Crippen LogP contribution in [0.4, 0.5) is 0 Å². The highest BCUT2D eigenvalue weighted by Crippen LogP contribution is 2.57. The van der Waals surface area contributed by atoms with Crippen LogP contribution in [0.5, 0.6) is 0 Å². The molecule has 0 bridgehead atoms. The summed E-state index contributed by atoms with van der Waals surface area (Å²) < 4.78 is 5.90. The van der Waals surface area contributed by atoms with Crippen LogP contribution >= 0.6 is 12.4 Å². The summed E-state index contributed by atoms with van der Waals surface area (Å²) in [5.74, 6) is 0.227. The van der Waals surface area contributed by atoms with Crippen molar-refractivity contribution >= 4 is 18.3 Å². The van der Waals surface area contributed by atoms with Crippen LogP contribution in [0.1, 0.15) is 66.2 Å². The molecule has 23 heavy (non-hydrogen) atoms. The molecule has 3 rings (SSSR count). The number of carbonyl (C=O) groups is 1. The molecular weight excluding hydrogens is 312 g/mol. The minimum Gasteiger partial charge on any atom is -0.377 e. The van der Waals surface area contributed by atoms with E-state index in [0.29, 0.717) is 11.5 Å². The molecule has 0 radical (unpaired) electrons. The van der Waals surface area contributed by atoms with Gasteiger partial charge in [-0.1, -0.05) is 27.7 Å². The van der Waals surface area contributed by atoms with Gasteiger partial charge in [-0.15, -0.1) is 12.4 Å². The molecule has 3 N–H and O–H groups in total. The Kier molecular flexibility index (Phi) is 5.12. The maximum absolute atomic E-state index is 13.0. The Labute approximate surface area is 146 Å². The fourth-order valence-electron chi connectivity index (χ4n) is 4.89. The predicted octanol–water partition coefficient (Wildman–Crippen LogP) is 3.03. The number of nitrogens with two attached hydrogens (primary N) is 1. The van der Waals surface area contributed by atoms with Gasteiger partial charge in [-0.2, -0.15) is 0 Å². The van der Waals surface area contributed by atoms with Crippen molar-refractivity contribution in [2.24, 2.45) is 22.5 Å². The Morgan fingerprint density at radius 2 is 1.74 bits per heavy atom. The molecule has 1 saturated heterocycles. The fourth-order valence-corrected chi connectivity index (χ4v) is 4.89. The van der Waals surface area contributed by atoms with E-state index >= 15 is 0 Å². The van der Waals surface area contributed by atoms with Gasteiger partial charge in [0.2, 0.25) is 5.91 Å². The second kappa shape index (κ2) is 6.20. The van der Waals surface area contributed by atoms with Gasteiger partial charge in [-0.3, -0.25) is 4.79 Å². The normalized spacial score (nSPS) is 38.7. The van der Waals surface area contributed by atoms with Gasteiger partial charge in [0.25, 0.3) is 0 Å². The Hall–Kier alpha value is -0.320. The zero-order valence-electron chi connectivity index (χ0n) is 15.0. The van der Waals surface area contributed by atoms with Gasteiger partial charge in [-0.25, -0.2) is 0 Å². The number of ether oxygens (including phenoxy) is 1. The van der Waals surface area contributed by atoms with Gasteiger partial charge in [0.15, 0.2) is 0 Å². The summed E-state index contributed by atoms with van der Waals surface area (Å²) in [6.07, 6.45) is 6.65. The van der Waals surface area contributed by atoms with E-state index in [1.54, 1.807) is 0 Å². The first kappa shape index (κ1) is 19.0. The van der Waals surface area contributed by atoms with Crippen molar-refractivity contribution in [2.75, 3.05) is 6.61 Å². The van der Waals surface area contributed by atoms with Crippen LogP contribution in [0.3, 0.4) is 0 Å². The summed E-state index contributed by atoms with van der Waals surface area (Å²) >= 11 is 0. The molecule has 2 saturated carbocycles. The number of amides is 1. The van der Waals surface area contributed by atoms with Gasteiger partial charge >= 0.3 is 0 Å². The summed E-state index contributed by atoms with van der Waals surface area (Å²) in [7, 11) is 0. The van der Waals surface area contributed by atoms with E-state index in [9.17, 15) is 4.79 Å². The zero-order chi connectivity index (χ0) is 16.2. The predicted molar refractivity (Wildman–Crippen MR) is 94.6 cm³/mol. The molecule has 0 aromatic rings. The number of hydrogen-bond acceptors (Lipinski definition) is 3. The van der Waals surface area contributed by atoms with Crippen LogP contribution in [0.15, 0.2) is 0 Å². The SMILES string of the molecule is CC1(C)CCC(NC(=O)C2(N)C3CCCOC3C2(C)C)CC1.Cl. The van der Waals surface area contributed by atoms with E-state index in [1.807, 2.05) is 0 Å². The topological polar surface area (TPSA) is 64.4 Å². The number of fused-ring (bicyclic) bond motifs is 1. The molecule has 1 amide bonds. The largest absolute Gasteiger partial charge is 0.377 e. The molecule has 3 atom stereocenters. The van der Waals surface area contributed by atoms with Crippen molar-refractivity contribution in [3.63, 3.8) is 0 Å². The van der Waals surface area contributed by atoms with E-state index < -0.39 is 5.54 Å². The first-order valence-corrected chi connectivity index (χ1v) is 8.90. The molecule has 0 aromatic heterocycles. The molecular formula is C18H33ClN2O2. The average molecular weight is 345 g/mol. The second-order valence-electron chi connectivity index (χ2n) is 9.04. The highest BCUT2D eigenvalue weighted by atomic mass is 35.5. The minimum atomic E-state index is -0.773.